The molecule has 0 aliphatic carbocycles. The second-order valence-electron chi connectivity index (χ2n) is 7.49. The van der Waals surface area contributed by atoms with Gasteiger partial charge in [0.05, 0.1) is 24.1 Å². The zero-order chi connectivity index (χ0) is 24.4. The number of hydrogen-bond acceptors (Lipinski definition) is 10. The van der Waals surface area contributed by atoms with Crippen molar-refractivity contribution < 1.29 is 31.3 Å². The van der Waals surface area contributed by atoms with E-state index in [-0.39, 0.29) is 40.2 Å². The summed E-state index contributed by atoms with van der Waals surface area (Å²) in [5, 5.41) is 14.6. The summed E-state index contributed by atoms with van der Waals surface area (Å²) in [6.07, 6.45) is -0.481. The Morgan fingerprint density at radius 1 is 1.12 bits per heavy atom. The van der Waals surface area contributed by atoms with E-state index in [4.69, 9.17) is 9.66 Å². The molecule has 2 atom stereocenters. The molecule has 5 N–H and O–H groups in total. The first-order chi connectivity index (χ1) is 15.3. The second-order valence-corrected chi connectivity index (χ2v) is 11.1. The highest BCUT2D eigenvalue weighted by molar-refractivity contribution is 7.89. The van der Waals surface area contributed by atoms with Crippen LogP contribution in [-0.4, -0.2) is 85.2 Å². The Kier molecular flexibility index (Phi) is 6.85. The summed E-state index contributed by atoms with van der Waals surface area (Å²) in [4.78, 5) is 23.8. The Labute approximate surface area is 190 Å². The normalized spacial score (nSPS) is 20.3. The van der Waals surface area contributed by atoms with Gasteiger partial charge >= 0.3 is 11.9 Å². The van der Waals surface area contributed by atoms with Crippen molar-refractivity contribution in [3.05, 3.63) is 29.8 Å². The fourth-order valence-corrected chi connectivity index (χ4v) is 4.07. The van der Waals surface area contributed by atoms with Crippen LogP contribution in [0.1, 0.15) is 17.3 Å². The van der Waals surface area contributed by atoms with Gasteiger partial charge in [0, 0.05) is 12.2 Å². The molecule has 0 radical (unpaired) electrons. The van der Waals surface area contributed by atoms with E-state index >= 15 is 0 Å². The zero-order valence-electron chi connectivity index (χ0n) is 17.8. The third kappa shape index (κ3) is 6.55. The summed E-state index contributed by atoms with van der Waals surface area (Å²) >= 11 is 0. The van der Waals surface area contributed by atoms with Crippen LogP contribution >= 0.6 is 0 Å². The van der Waals surface area contributed by atoms with E-state index in [1.165, 1.54) is 31.2 Å². The molecule has 14 nitrogen and oxygen atoms in total. The van der Waals surface area contributed by atoms with E-state index in [2.05, 4.69) is 30.3 Å². The lowest BCUT2D eigenvalue weighted by atomic mass is 10.2. The number of aromatic carboxylic acids is 1. The summed E-state index contributed by atoms with van der Waals surface area (Å²) in [5.74, 6) is -1.43. The largest absolute Gasteiger partial charge is 0.478 e. The van der Waals surface area contributed by atoms with Crippen molar-refractivity contribution in [2.45, 2.75) is 13.1 Å². The Balaban J connectivity index is 1.87. The molecule has 1 aliphatic heterocycles. The molecule has 16 heteroatoms. The van der Waals surface area contributed by atoms with Crippen LogP contribution in [0.2, 0.25) is 0 Å². The SMILES string of the molecule is CCS(=O)(=O)NC1C[N+]1(C)c1nc(NCCS(=O)(=O)O)nc(Nc2ccc(C(=O)O)cc2)n1. The number of anilines is 3. The van der Waals surface area contributed by atoms with Gasteiger partial charge in [-0.25, -0.2) is 17.7 Å². The fourth-order valence-electron chi connectivity index (χ4n) is 2.82. The predicted molar refractivity (Wildman–Crippen MR) is 120 cm³/mol. The van der Waals surface area contributed by atoms with Crippen LogP contribution < -0.4 is 19.8 Å². The van der Waals surface area contributed by atoms with Gasteiger partial charge in [0.2, 0.25) is 28.1 Å². The molecule has 33 heavy (non-hydrogen) atoms. The number of aromatic nitrogens is 3. The molecule has 0 amide bonds. The van der Waals surface area contributed by atoms with Crippen molar-refractivity contribution in [3.8, 4) is 0 Å². The lowest BCUT2D eigenvalue weighted by Gasteiger charge is -2.15. The van der Waals surface area contributed by atoms with Crippen LogP contribution in [0.25, 0.3) is 0 Å². The maximum Gasteiger partial charge on any atom is 0.337 e. The quantitative estimate of drug-likeness (QED) is 0.154. The molecule has 1 aliphatic rings. The topological polar surface area (TPSA) is 201 Å². The number of quaternary nitrogens is 1. The molecule has 0 bridgehead atoms. The molecule has 1 saturated heterocycles. The molecule has 2 unspecified atom stereocenters. The number of nitrogens with zero attached hydrogens (tertiary/aromatic N) is 4. The molecule has 1 fully saturated rings. The molecule has 2 heterocycles. The minimum absolute atomic E-state index is 0.0108. The van der Waals surface area contributed by atoms with E-state index in [0.29, 0.717) is 12.2 Å². The van der Waals surface area contributed by atoms with Crippen molar-refractivity contribution in [1.82, 2.24) is 24.2 Å². The summed E-state index contributed by atoms with van der Waals surface area (Å²) in [6.45, 7) is 1.73. The standard InChI is InChI=1S/C17H23N7O7S2/c1-3-32(27,28)23-13-10-24(13,2)17-21-15(18-8-9-33(29,30)31)20-16(22-17)19-12-6-4-11(5-7-12)14(25)26/h4-7,13,23H,3,8-10H2,1-2H3,(H3-,18,19,20,21,22,25,26,29,30,31)/p+1. The predicted octanol–water partition coefficient (Wildman–Crippen LogP) is -0.171. The summed E-state index contributed by atoms with van der Waals surface area (Å²) in [6, 6.07) is 5.83. The number of nitrogens with one attached hydrogen (secondary N) is 3. The maximum atomic E-state index is 11.9. The van der Waals surface area contributed by atoms with Gasteiger partial charge in [-0.15, -0.1) is 9.97 Å². The van der Waals surface area contributed by atoms with E-state index in [9.17, 15) is 21.6 Å². The number of sulfonamides is 1. The third-order valence-electron chi connectivity index (χ3n) is 4.91. The maximum absolute atomic E-state index is 11.9. The number of likely N-dealkylation sites (N-methyl/N-ethyl adjacent to an activating group) is 1. The number of benzene rings is 1. The first kappa shape index (κ1) is 24.7. The Hall–Kier alpha value is -2.92. The Morgan fingerprint density at radius 3 is 2.33 bits per heavy atom. The van der Waals surface area contributed by atoms with Crippen LogP contribution in [0.15, 0.2) is 24.3 Å². The minimum Gasteiger partial charge on any atom is -0.478 e. The molecule has 3 rings (SSSR count). The number of carboxylic acid groups (broad SMARTS) is 1. The first-order valence-electron chi connectivity index (χ1n) is 9.72. The lowest BCUT2D eigenvalue weighted by molar-refractivity contribution is 0.0697. The van der Waals surface area contributed by atoms with Crippen LogP contribution in [-0.2, 0) is 20.1 Å². The highest BCUT2D eigenvalue weighted by Crippen LogP contribution is 2.33. The van der Waals surface area contributed by atoms with Gasteiger partial charge in [-0.05, 0) is 31.2 Å². The monoisotopic (exact) mass is 502 g/mol. The summed E-state index contributed by atoms with van der Waals surface area (Å²) < 4.78 is 57.4. The highest BCUT2D eigenvalue weighted by atomic mass is 32.2. The van der Waals surface area contributed by atoms with Gasteiger partial charge < -0.3 is 15.7 Å². The van der Waals surface area contributed by atoms with Crippen LogP contribution in [0.4, 0.5) is 23.5 Å². The van der Waals surface area contributed by atoms with Crippen molar-refractivity contribution in [2.24, 2.45) is 0 Å². The van der Waals surface area contributed by atoms with Crippen LogP contribution in [0.5, 0.6) is 0 Å². The number of carboxylic acids is 1. The van der Waals surface area contributed by atoms with Gasteiger partial charge in [-0.2, -0.15) is 18.1 Å². The van der Waals surface area contributed by atoms with Crippen LogP contribution in [0.3, 0.4) is 0 Å². The Bertz CT molecular complexity index is 1250. The van der Waals surface area contributed by atoms with E-state index in [1.54, 1.807) is 7.05 Å². The first-order valence-corrected chi connectivity index (χ1v) is 13.0. The average molecular weight is 503 g/mol. The van der Waals surface area contributed by atoms with E-state index in [1.807, 2.05) is 0 Å². The minimum atomic E-state index is -4.20. The molecular formula is C17H24N7O7S2+. The van der Waals surface area contributed by atoms with Crippen molar-refractivity contribution in [1.29, 1.82) is 0 Å². The van der Waals surface area contributed by atoms with Gasteiger partial charge in [0.15, 0.2) is 6.54 Å². The number of carbonyl (C=O) groups is 1. The van der Waals surface area contributed by atoms with E-state index < -0.39 is 38.0 Å². The van der Waals surface area contributed by atoms with Gasteiger partial charge in [-0.1, -0.05) is 0 Å². The number of rotatable bonds is 11. The van der Waals surface area contributed by atoms with Crippen LogP contribution in [0, 0.1) is 0 Å². The smallest absolute Gasteiger partial charge is 0.337 e. The zero-order valence-corrected chi connectivity index (χ0v) is 19.4. The highest BCUT2D eigenvalue weighted by Gasteiger charge is 2.57. The third-order valence-corrected chi connectivity index (χ3v) is 7.03. The number of hydrogen-bond donors (Lipinski definition) is 5. The summed E-state index contributed by atoms with van der Waals surface area (Å²) in [5.41, 5.74) is 0.579. The Morgan fingerprint density at radius 2 is 1.76 bits per heavy atom. The van der Waals surface area contributed by atoms with Crippen molar-refractivity contribution in [3.63, 3.8) is 0 Å². The molecule has 0 saturated carbocycles. The lowest BCUT2D eigenvalue weighted by Crippen LogP contribution is -2.38. The molecule has 1 aromatic heterocycles. The van der Waals surface area contributed by atoms with Gasteiger partial charge in [0.1, 0.15) is 0 Å². The van der Waals surface area contributed by atoms with E-state index in [0.717, 1.165) is 0 Å². The molecular weight excluding hydrogens is 478 g/mol. The molecule has 2 aromatic rings. The van der Waals surface area contributed by atoms with Gasteiger partial charge in [-0.3, -0.25) is 4.55 Å². The summed E-state index contributed by atoms with van der Waals surface area (Å²) in [7, 11) is -5.93. The van der Waals surface area contributed by atoms with Gasteiger partial charge in [0.25, 0.3) is 10.1 Å². The molecule has 0 spiro atoms. The molecule has 180 valence electrons. The second kappa shape index (κ2) is 9.14. The average Bonchev–Trinajstić information content (AvgIpc) is 3.37. The van der Waals surface area contributed by atoms with Crippen molar-refractivity contribution >= 4 is 49.6 Å². The van der Waals surface area contributed by atoms with Crippen molar-refractivity contribution in [2.75, 3.05) is 42.3 Å². The fraction of sp³-hybridized carbons (Fsp3) is 0.412. The molecule has 1 aromatic carbocycles.